The Morgan fingerprint density at radius 2 is 2.14 bits per heavy atom. The molecule has 3 heterocycles. The summed E-state index contributed by atoms with van der Waals surface area (Å²) >= 11 is 0. The minimum absolute atomic E-state index is 0.0906. The maximum atomic E-state index is 12.6. The van der Waals surface area contributed by atoms with Crippen LogP contribution in [-0.2, 0) is 11.3 Å². The fourth-order valence-corrected chi connectivity index (χ4v) is 3.65. The summed E-state index contributed by atoms with van der Waals surface area (Å²) in [7, 11) is 0. The van der Waals surface area contributed by atoms with Gasteiger partial charge < -0.3 is 15.2 Å². The van der Waals surface area contributed by atoms with E-state index in [9.17, 15) is 9.90 Å². The fraction of sp³-hybridized carbons (Fsp3) is 0.381. The van der Waals surface area contributed by atoms with Crippen molar-refractivity contribution in [3.63, 3.8) is 0 Å². The van der Waals surface area contributed by atoms with Gasteiger partial charge in [0, 0.05) is 36.8 Å². The molecule has 7 heteroatoms. The van der Waals surface area contributed by atoms with Crippen LogP contribution in [-0.4, -0.2) is 52.1 Å². The van der Waals surface area contributed by atoms with Crippen LogP contribution in [0.1, 0.15) is 28.8 Å². The van der Waals surface area contributed by atoms with Gasteiger partial charge in [0.2, 0.25) is 0 Å². The second-order valence-corrected chi connectivity index (χ2v) is 7.38. The third-order valence-electron chi connectivity index (χ3n) is 5.36. The van der Waals surface area contributed by atoms with Gasteiger partial charge in [-0.15, -0.1) is 0 Å². The van der Waals surface area contributed by atoms with E-state index in [0.29, 0.717) is 38.3 Å². The first-order chi connectivity index (χ1) is 13.7. The standard InChI is InChI=1S/C21H24N4O3/c26-8-6-21(7-9-28-15-21)14-23-20(27)18-10-17-12-24-25(19(17)22-11-18)13-16-4-2-1-3-5-16/h1-5,10-12,26H,6-9,13-15H2,(H,23,27)/t21-/m0/s1. The highest BCUT2D eigenvalue weighted by Gasteiger charge is 2.34. The van der Waals surface area contributed by atoms with Crippen LogP contribution in [0, 0.1) is 5.41 Å². The molecule has 0 aliphatic carbocycles. The normalized spacial score (nSPS) is 19.2. The number of fused-ring (bicyclic) bond motifs is 1. The molecule has 1 aliphatic heterocycles. The first kappa shape index (κ1) is 18.6. The number of nitrogens with one attached hydrogen (secondary N) is 1. The SMILES string of the molecule is O=C(NC[C@]1(CCO)CCOC1)c1cnc2c(cnn2Cc2ccccc2)c1. The van der Waals surface area contributed by atoms with Crippen LogP contribution < -0.4 is 5.32 Å². The smallest absolute Gasteiger partial charge is 0.252 e. The summed E-state index contributed by atoms with van der Waals surface area (Å²) in [6.45, 7) is 2.44. The number of aliphatic hydroxyl groups excluding tert-OH is 1. The lowest BCUT2D eigenvalue weighted by Gasteiger charge is -2.26. The lowest BCUT2D eigenvalue weighted by atomic mass is 9.84. The summed E-state index contributed by atoms with van der Waals surface area (Å²) in [5.41, 5.74) is 2.22. The summed E-state index contributed by atoms with van der Waals surface area (Å²) in [4.78, 5) is 17.1. The van der Waals surface area contributed by atoms with Crippen LogP contribution in [0.15, 0.2) is 48.8 Å². The molecule has 1 atom stereocenters. The molecule has 1 amide bonds. The molecule has 146 valence electrons. The van der Waals surface area contributed by atoms with Crippen molar-refractivity contribution in [2.24, 2.45) is 5.41 Å². The number of nitrogens with zero attached hydrogens (tertiary/aromatic N) is 3. The molecule has 0 spiro atoms. The molecule has 0 bridgehead atoms. The summed E-state index contributed by atoms with van der Waals surface area (Å²) in [6, 6.07) is 11.9. The number of hydrogen-bond acceptors (Lipinski definition) is 5. The second kappa shape index (κ2) is 8.08. The van der Waals surface area contributed by atoms with Crippen molar-refractivity contribution < 1.29 is 14.6 Å². The van der Waals surface area contributed by atoms with Crippen LogP contribution >= 0.6 is 0 Å². The molecule has 3 aromatic rings. The molecule has 0 unspecified atom stereocenters. The molecular formula is C21H24N4O3. The largest absolute Gasteiger partial charge is 0.396 e. The summed E-state index contributed by atoms with van der Waals surface area (Å²) in [5.74, 6) is -0.172. The average molecular weight is 380 g/mol. The zero-order chi connectivity index (χ0) is 19.4. The Morgan fingerprint density at radius 3 is 2.89 bits per heavy atom. The van der Waals surface area contributed by atoms with Gasteiger partial charge in [0.15, 0.2) is 5.65 Å². The maximum absolute atomic E-state index is 12.6. The number of aromatic nitrogens is 3. The monoisotopic (exact) mass is 380 g/mol. The third kappa shape index (κ3) is 3.90. The number of pyridine rings is 1. The van der Waals surface area contributed by atoms with E-state index in [1.807, 2.05) is 41.1 Å². The van der Waals surface area contributed by atoms with Crippen LogP contribution in [0.2, 0.25) is 0 Å². The average Bonchev–Trinajstić information content (AvgIpc) is 3.35. The van der Waals surface area contributed by atoms with Gasteiger partial charge in [0.05, 0.1) is 24.9 Å². The molecule has 2 aromatic heterocycles. The molecule has 1 fully saturated rings. The quantitative estimate of drug-likeness (QED) is 0.654. The molecular weight excluding hydrogens is 356 g/mol. The van der Waals surface area contributed by atoms with Crippen molar-refractivity contribution in [2.45, 2.75) is 19.4 Å². The highest BCUT2D eigenvalue weighted by molar-refractivity contribution is 5.96. The lowest BCUT2D eigenvalue weighted by molar-refractivity contribution is 0.0889. The Bertz CT molecular complexity index is 949. The minimum Gasteiger partial charge on any atom is -0.396 e. The van der Waals surface area contributed by atoms with Crippen LogP contribution in [0.4, 0.5) is 0 Å². The van der Waals surface area contributed by atoms with E-state index in [-0.39, 0.29) is 17.9 Å². The summed E-state index contributed by atoms with van der Waals surface area (Å²) < 4.78 is 7.31. The van der Waals surface area contributed by atoms with Gasteiger partial charge in [0.1, 0.15) is 0 Å². The van der Waals surface area contributed by atoms with Crippen molar-refractivity contribution in [1.29, 1.82) is 0 Å². The number of benzene rings is 1. The molecule has 4 rings (SSSR count). The summed E-state index contributed by atoms with van der Waals surface area (Å²) in [6.07, 6.45) is 4.79. The van der Waals surface area contributed by atoms with Crippen molar-refractivity contribution in [3.05, 3.63) is 59.9 Å². The zero-order valence-electron chi connectivity index (χ0n) is 15.7. The van der Waals surface area contributed by atoms with E-state index < -0.39 is 0 Å². The molecule has 1 aliphatic rings. The number of ether oxygens (including phenoxy) is 1. The first-order valence-corrected chi connectivity index (χ1v) is 9.51. The highest BCUT2D eigenvalue weighted by atomic mass is 16.5. The van der Waals surface area contributed by atoms with Gasteiger partial charge in [-0.05, 0) is 24.5 Å². The van der Waals surface area contributed by atoms with Gasteiger partial charge in [-0.1, -0.05) is 30.3 Å². The number of rotatable bonds is 7. The fourth-order valence-electron chi connectivity index (χ4n) is 3.65. The van der Waals surface area contributed by atoms with Gasteiger partial charge in [-0.25, -0.2) is 9.67 Å². The Labute approximate surface area is 163 Å². The van der Waals surface area contributed by atoms with Crippen molar-refractivity contribution >= 4 is 16.9 Å². The molecule has 0 saturated carbocycles. The molecule has 28 heavy (non-hydrogen) atoms. The van der Waals surface area contributed by atoms with Crippen molar-refractivity contribution in [1.82, 2.24) is 20.1 Å². The molecule has 7 nitrogen and oxygen atoms in total. The van der Waals surface area contributed by atoms with Crippen LogP contribution in [0.25, 0.3) is 11.0 Å². The Morgan fingerprint density at radius 1 is 1.29 bits per heavy atom. The molecule has 2 N–H and O–H groups in total. The third-order valence-corrected chi connectivity index (χ3v) is 5.36. The second-order valence-electron chi connectivity index (χ2n) is 7.38. The molecule has 0 radical (unpaired) electrons. The molecule has 1 aromatic carbocycles. The Hall–Kier alpha value is -2.77. The zero-order valence-corrected chi connectivity index (χ0v) is 15.7. The highest BCUT2D eigenvalue weighted by Crippen LogP contribution is 2.31. The van der Waals surface area contributed by atoms with E-state index in [0.717, 1.165) is 23.0 Å². The lowest BCUT2D eigenvalue weighted by Crippen LogP contribution is -2.38. The van der Waals surface area contributed by atoms with Crippen molar-refractivity contribution in [3.8, 4) is 0 Å². The summed E-state index contributed by atoms with van der Waals surface area (Å²) in [5, 5.41) is 17.5. The first-order valence-electron chi connectivity index (χ1n) is 9.51. The minimum atomic E-state index is -0.178. The van der Waals surface area contributed by atoms with E-state index in [4.69, 9.17) is 4.74 Å². The van der Waals surface area contributed by atoms with E-state index in [1.54, 1.807) is 12.4 Å². The Kier molecular flexibility index (Phi) is 5.36. The number of amides is 1. The van der Waals surface area contributed by atoms with Crippen molar-refractivity contribution in [2.75, 3.05) is 26.4 Å². The van der Waals surface area contributed by atoms with E-state index >= 15 is 0 Å². The number of carbonyl (C=O) groups excluding carboxylic acids is 1. The van der Waals surface area contributed by atoms with Gasteiger partial charge in [-0.2, -0.15) is 5.10 Å². The molecule has 1 saturated heterocycles. The van der Waals surface area contributed by atoms with E-state index in [1.165, 1.54) is 0 Å². The van der Waals surface area contributed by atoms with E-state index in [2.05, 4.69) is 15.4 Å². The number of aliphatic hydroxyl groups is 1. The predicted octanol–water partition coefficient (Wildman–Crippen LogP) is 2.00. The maximum Gasteiger partial charge on any atom is 0.252 e. The number of carbonyl (C=O) groups is 1. The number of hydrogen-bond donors (Lipinski definition) is 2. The topological polar surface area (TPSA) is 89.3 Å². The van der Waals surface area contributed by atoms with Crippen LogP contribution in [0.5, 0.6) is 0 Å². The van der Waals surface area contributed by atoms with Gasteiger partial charge in [-0.3, -0.25) is 4.79 Å². The predicted molar refractivity (Wildman–Crippen MR) is 105 cm³/mol. The Balaban J connectivity index is 1.46. The van der Waals surface area contributed by atoms with Crippen LogP contribution in [0.3, 0.4) is 0 Å². The van der Waals surface area contributed by atoms with Gasteiger partial charge >= 0.3 is 0 Å². The van der Waals surface area contributed by atoms with Gasteiger partial charge in [0.25, 0.3) is 5.91 Å².